The standard InChI is InChI=1S/C29H28ClN3O4S/c1-29(31-28(35)20-9-13-24(14-10-20)33-17-5-3-7-27(33)34)16-4-2-6-26(29)32-38(36,37)25-15-11-21-18-23(30)12-8-22(21)19-25/h3,5,7-15,17-19,26,32H,2,4,6,16H2,1H3,(H,31,35)/t26-,29?/m1/s1. The molecule has 0 spiro atoms. The largest absolute Gasteiger partial charge is 0.345 e. The Morgan fingerprint density at radius 2 is 1.71 bits per heavy atom. The maximum absolute atomic E-state index is 13.4. The Balaban J connectivity index is 1.34. The number of hydrogen-bond acceptors (Lipinski definition) is 4. The van der Waals surface area contributed by atoms with Crippen molar-refractivity contribution in [2.24, 2.45) is 0 Å². The molecule has 3 aromatic carbocycles. The van der Waals surface area contributed by atoms with Gasteiger partial charge in [-0.1, -0.05) is 42.6 Å². The van der Waals surface area contributed by atoms with Crippen molar-refractivity contribution in [3.05, 3.63) is 106 Å². The van der Waals surface area contributed by atoms with Gasteiger partial charge in [-0.2, -0.15) is 0 Å². The van der Waals surface area contributed by atoms with Crippen LogP contribution in [0.1, 0.15) is 43.0 Å². The predicted molar refractivity (Wildman–Crippen MR) is 149 cm³/mol. The van der Waals surface area contributed by atoms with Gasteiger partial charge in [0.2, 0.25) is 10.0 Å². The summed E-state index contributed by atoms with van der Waals surface area (Å²) in [7, 11) is -3.84. The lowest BCUT2D eigenvalue weighted by Crippen LogP contribution is -2.61. The number of carbonyl (C=O) groups excluding carboxylic acids is 1. The van der Waals surface area contributed by atoms with Crippen LogP contribution < -0.4 is 15.6 Å². The number of pyridine rings is 1. The number of nitrogens with zero attached hydrogens (tertiary/aromatic N) is 1. The Hall–Kier alpha value is -3.46. The molecule has 5 rings (SSSR count). The number of fused-ring (bicyclic) bond motifs is 1. The molecule has 1 fully saturated rings. The van der Waals surface area contributed by atoms with Gasteiger partial charge in [0.25, 0.3) is 11.5 Å². The van der Waals surface area contributed by atoms with E-state index >= 15 is 0 Å². The number of hydrogen-bond donors (Lipinski definition) is 2. The molecule has 1 aliphatic carbocycles. The van der Waals surface area contributed by atoms with Crippen molar-refractivity contribution in [3.8, 4) is 5.69 Å². The van der Waals surface area contributed by atoms with E-state index in [1.807, 2.05) is 6.92 Å². The molecular weight excluding hydrogens is 522 g/mol. The fourth-order valence-electron chi connectivity index (χ4n) is 5.03. The fourth-order valence-corrected chi connectivity index (χ4v) is 6.63. The molecular formula is C29H28ClN3O4S. The van der Waals surface area contributed by atoms with E-state index in [2.05, 4.69) is 10.0 Å². The second kappa shape index (κ2) is 10.4. The number of aromatic nitrogens is 1. The van der Waals surface area contributed by atoms with E-state index in [0.29, 0.717) is 29.1 Å². The zero-order valence-corrected chi connectivity index (χ0v) is 22.4. The van der Waals surface area contributed by atoms with Gasteiger partial charge in [0.05, 0.1) is 10.4 Å². The molecule has 0 saturated heterocycles. The van der Waals surface area contributed by atoms with Crippen molar-refractivity contribution in [2.75, 3.05) is 0 Å². The van der Waals surface area contributed by atoms with E-state index in [-0.39, 0.29) is 16.4 Å². The van der Waals surface area contributed by atoms with Crippen molar-refractivity contribution < 1.29 is 13.2 Å². The molecule has 0 radical (unpaired) electrons. The summed E-state index contributed by atoms with van der Waals surface area (Å²) >= 11 is 6.06. The zero-order valence-electron chi connectivity index (χ0n) is 20.9. The molecule has 2 N–H and O–H groups in total. The van der Waals surface area contributed by atoms with Crippen LogP contribution in [-0.4, -0.2) is 30.5 Å². The van der Waals surface area contributed by atoms with Crippen LogP contribution in [0, 0.1) is 0 Å². The third kappa shape index (κ3) is 5.38. The zero-order chi connectivity index (χ0) is 26.9. The van der Waals surface area contributed by atoms with Gasteiger partial charge in [-0.3, -0.25) is 14.2 Å². The molecule has 196 valence electrons. The minimum atomic E-state index is -3.84. The first kappa shape index (κ1) is 26.2. The summed E-state index contributed by atoms with van der Waals surface area (Å²) in [5.41, 5.74) is 0.144. The summed E-state index contributed by atoms with van der Waals surface area (Å²) in [5.74, 6) is -0.298. The molecule has 1 amide bonds. The lowest BCUT2D eigenvalue weighted by molar-refractivity contribution is 0.0857. The van der Waals surface area contributed by atoms with E-state index in [1.165, 1.54) is 10.6 Å². The van der Waals surface area contributed by atoms with Gasteiger partial charge in [0.15, 0.2) is 0 Å². The van der Waals surface area contributed by atoms with Gasteiger partial charge < -0.3 is 5.32 Å². The van der Waals surface area contributed by atoms with Gasteiger partial charge in [0, 0.05) is 34.6 Å². The smallest absolute Gasteiger partial charge is 0.255 e. The highest BCUT2D eigenvalue weighted by Gasteiger charge is 2.40. The van der Waals surface area contributed by atoms with Gasteiger partial charge >= 0.3 is 0 Å². The Labute approximate surface area is 226 Å². The molecule has 7 nitrogen and oxygen atoms in total. The maximum Gasteiger partial charge on any atom is 0.255 e. The number of rotatable bonds is 6. The fraction of sp³-hybridized carbons (Fsp3) is 0.241. The molecule has 9 heteroatoms. The SMILES string of the molecule is CC1(NC(=O)c2ccc(-n3ccccc3=O)cc2)CCCC[C@H]1NS(=O)(=O)c1ccc2cc(Cl)ccc2c1. The van der Waals surface area contributed by atoms with Crippen LogP contribution in [-0.2, 0) is 10.0 Å². The number of sulfonamides is 1. The van der Waals surface area contributed by atoms with E-state index in [1.54, 1.807) is 79.0 Å². The van der Waals surface area contributed by atoms with Crippen LogP contribution in [0.5, 0.6) is 0 Å². The van der Waals surface area contributed by atoms with Gasteiger partial charge in [-0.15, -0.1) is 0 Å². The van der Waals surface area contributed by atoms with E-state index in [4.69, 9.17) is 11.6 Å². The van der Waals surface area contributed by atoms with Crippen molar-refractivity contribution in [1.29, 1.82) is 0 Å². The van der Waals surface area contributed by atoms with E-state index in [0.717, 1.165) is 23.6 Å². The van der Waals surface area contributed by atoms with Crippen LogP contribution in [0.2, 0.25) is 5.02 Å². The highest BCUT2D eigenvalue weighted by Crippen LogP contribution is 2.31. The number of carbonyl (C=O) groups is 1. The minimum Gasteiger partial charge on any atom is -0.345 e. The third-order valence-electron chi connectivity index (χ3n) is 7.22. The Kier molecular flexibility index (Phi) is 7.13. The monoisotopic (exact) mass is 549 g/mol. The number of nitrogens with one attached hydrogen (secondary N) is 2. The molecule has 0 bridgehead atoms. The van der Waals surface area contributed by atoms with E-state index < -0.39 is 21.6 Å². The average molecular weight is 550 g/mol. The molecule has 0 aliphatic heterocycles. The normalized spacial score (nSPS) is 19.8. The lowest BCUT2D eigenvalue weighted by Gasteiger charge is -2.42. The van der Waals surface area contributed by atoms with Gasteiger partial charge in [-0.25, -0.2) is 13.1 Å². The predicted octanol–water partition coefficient (Wildman–Crippen LogP) is 5.05. The van der Waals surface area contributed by atoms with Crippen LogP contribution in [0.25, 0.3) is 16.5 Å². The lowest BCUT2D eigenvalue weighted by atomic mass is 9.79. The summed E-state index contributed by atoms with van der Waals surface area (Å²) in [6.45, 7) is 1.89. The average Bonchev–Trinajstić information content (AvgIpc) is 2.90. The van der Waals surface area contributed by atoms with Crippen LogP contribution in [0.4, 0.5) is 0 Å². The van der Waals surface area contributed by atoms with Crippen LogP contribution >= 0.6 is 11.6 Å². The van der Waals surface area contributed by atoms with Gasteiger partial charge in [-0.05, 0) is 85.1 Å². The highest BCUT2D eigenvalue weighted by atomic mass is 35.5. The van der Waals surface area contributed by atoms with Crippen LogP contribution in [0.3, 0.4) is 0 Å². The summed E-state index contributed by atoms with van der Waals surface area (Å²) < 4.78 is 31.1. The van der Waals surface area contributed by atoms with Crippen molar-refractivity contribution >= 4 is 38.3 Å². The summed E-state index contributed by atoms with van der Waals surface area (Å²) in [5, 5.41) is 5.31. The maximum atomic E-state index is 13.4. The molecule has 1 unspecified atom stereocenters. The molecule has 1 heterocycles. The Morgan fingerprint density at radius 3 is 2.47 bits per heavy atom. The van der Waals surface area contributed by atoms with Crippen molar-refractivity contribution in [1.82, 2.24) is 14.6 Å². The second-order valence-corrected chi connectivity index (χ2v) is 12.1. The summed E-state index contributed by atoms with van der Waals surface area (Å²) in [4.78, 5) is 25.5. The third-order valence-corrected chi connectivity index (χ3v) is 8.92. The summed E-state index contributed by atoms with van der Waals surface area (Å²) in [6, 6.07) is 21.4. The number of halogens is 1. The van der Waals surface area contributed by atoms with Crippen molar-refractivity contribution in [3.63, 3.8) is 0 Å². The minimum absolute atomic E-state index is 0.162. The molecule has 1 saturated carbocycles. The van der Waals surface area contributed by atoms with Crippen LogP contribution in [0.15, 0.2) is 94.7 Å². The number of amides is 1. The topological polar surface area (TPSA) is 97.3 Å². The van der Waals surface area contributed by atoms with Gasteiger partial charge in [0.1, 0.15) is 0 Å². The first-order valence-electron chi connectivity index (χ1n) is 12.5. The second-order valence-electron chi connectivity index (χ2n) is 9.90. The highest BCUT2D eigenvalue weighted by molar-refractivity contribution is 7.89. The molecule has 1 aromatic heterocycles. The quantitative estimate of drug-likeness (QED) is 0.351. The molecule has 2 atom stereocenters. The first-order valence-corrected chi connectivity index (χ1v) is 14.3. The van der Waals surface area contributed by atoms with Crippen molar-refractivity contribution in [2.45, 2.75) is 49.1 Å². The Bertz CT molecular complexity index is 1670. The van der Waals surface area contributed by atoms with E-state index in [9.17, 15) is 18.0 Å². The Morgan fingerprint density at radius 1 is 0.974 bits per heavy atom. The first-order chi connectivity index (χ1) is 18.1. The summed E-state index contributed by atoms with van der Waals surface area (Å²) in [6.07, 6.45) is 4.65. The molecule has 1 aliphatic rings. The molecule has 38 heavy (non-hydrogen) atoms. The molecule has 4 aromatic rings. The number of benzene rings is 3.